The number of nitrogens with one attached hydrogen (secondary N) is 1. The van der Waals surface area contributed by atoms with E-state index in [4.69, 9.17) is 5.73 Å². The van der Waals surface area contributed by atoms with Crippen molar-refractivity contribution in [2.24, 2.45) is 0 Å². The minimum atomic E-state index is -0.130. The first-order valence-electron chi connectivity index (χ1n) is 8.16. The summed E-state index contributed by atoms with van der Waals surface area (Å²) in [6, 6.07) is 11.1. The van der Waals surface area contributed by atoms with E-state index in [1.54, 1.807) is 17.0 Å². The predicted octanol–water partition coefficient (Wildman–Crippen LogP) is 3.54. The summed E-state index contributed by atoms with van der Waals surface area (Å²) in [5.74, 6) is -0.175. The number of hydrogen-bond acceptors (Lipinski definition) is 4. The second-order valence-electron chi connectivity index (χ2n) is 6.00. The molecule has 2 aromatic carbocycles. The molecule has 0 unspecified atom stereocenters. The molecule has 25 heavy (non-hydrogen) atoms. The number of amides is 2. The second kappa shape index (κ2) is 7.19. The number of rotatable bonds is 3. The number of thioether (sulfide) groups is 1. The zero-order chi connectivity index (χ0) is 18.0. The zero-order valence-corrected chi connectivity index (χ0v) is 15.2. The molecule has 0 saturated heterocycles. The molecule has 0 saturated carbocycles. The maximum absolute atomic E-state index is 13.1. The Morgan fingerprint density at radius 3 is 2.76 bits per heavy atom. The molecule has 0 bridgehead atoms. The van der Waals surface area contributed by atoms with Crippen LogP contribution in [0.15, 0.2) is 41.3 Å². The summed E-state index contributed by atoms with van der Waals surface area (Å²) in [6.45, 7) is 2.15. The number of nitrogen functional groups attached to an aromatic ring is 1. The summed E-state index contributed by atoms with van der Waals surface area (Å²) < 4.78 is 0. The van der Waals surface area contributed by atoms with Gasteiger partial charge in [-0.2, -0.15) is 0 Å². The van der Waals surface area contributed by atoms with Gasteiger partial charge in [-0.05, 0) is 55.0 Å². The van der Waals surface area contributed by atoms with Crippen molar-refractivity contribution in [3.63, 3.8) is 0 Å². The Bertz CT molecular complexity index is 835. The number of nitrogens with two attached hydrogens (primary N) is 1. The van der Waals surface area contributed by atoms with Crippen LogP contribution in [0, 0.1) is 0 Å². The molecule has 2 amide bonds. The first-order chi connectivity index (χ1) is 12.0. The molecule has 0 fully saturated rings. The first kappa shape index (κ1) is 17.4. The van der Waals surface area contributed by atoms with Gasteiger partial charge in [0, 0.05) is 35.3 Å². The van der Waals surface area contributed by atoms with E-state index in [0.29, 0.717) is 12.1 Å². The van der Waals surface area contributed by atoms with Gasteiger partial charge in [0.15, 0.2) is 0 Å². The second-order valence-corrected chi connectivity index (χ2v) is 6.85. The summed E-state index contributed by atoms with van der Waals surface area (Å²) in [4.78, 5) is 27.0. The molecule has 0 radical (unpaired) electrons. The van der Waals surface area contributed by atoms with E-state index in [0.717, 1.165) is 40.4 Å². The Morgan fingerprint density at radius 1 is 1.24 bits per heavy atom. The third kappa shape index (κ3) is 3.49. The summed E-state index contributed by atoms with van der Waals surface area (Å²) >= 11 is 1.50. The molecule has 6 heteroatoms. The molecule has 1 aliphatic rings. The topological polar surface area (TPSA) is 75.4 Å². The van der Waals surface area contributed by atoms with E-state index in [1.807, 2.05) is 30.5 Å². The average molecular weight is 355 g/mol. The average Bonchev–Trinajstić information content (AvgIpc) is 2.61. The van der Waals surface area contributed by atoms with E-state index < -0.39 is 0 Å². The Balaban J connectivity index is 1.95. The van der Waals surface area contributed by atoms with Gasteiger partial charge in [-0.1, -0.05) is 6.07 Å². The van der Waals surface area contributed by atoms with Crippen LogP contribution in [0.25, 0.3) is 0 Å². The summed E-state index contributed by atoms with van der Waals surface area (Å²) in [5, 5.41) is 2.79. The van der Waals surface area contributed by atoms with E-state index in [-0.39, 0.29) is 11.8 Å². The lowest BCUT2D eigenvalue weighted by Gasteiger charge is -2.30. The van der Waals surface area contributed by atoms with Crippen LogP contribution in [0.2, 0.25) is 0 Å². The van der Waals surface area contributed by atoms with Crippen LogP contribution in [0.1, 0.15) is 29.3 Å². The van der Waals surface area contributed by atoms with Crippen LogP contribution in [0.3, 0.4) is 0 Å². The summed E-state index contributed by atoms with van der Waals surface area (Å²) in [5.41, 5.74) is 10.1. The Labute approximate surface area is 151 Å². The van der Waals surface area contributed by atoms with Gasteiger partial charge in [-0.25, -0.2) is 0 Å². The third-order valence-corrected chi connectivity index (χ3v) is 5.07. The molecule has 0 atom stereocenters. The highest BCUT2D eigenvalue weighted by Crippen LogP contribution is 2.33. The molecule has 3 N–H and O–H groups in total. The molecule has 3 rings (SSSR count). The van der Waals surface area contributed by atoms with Crippen LogP contribution in [0.5, 0.6) is 0 Å². The van der Waals surface area contributed by atoms with E-state index in [2.05, 4.69) is 5.32 Å². The smallest absolute Gasteiger partial charge is 0.258 e. The van der Waals surface area contributed by atoms with Crippen LogP contribution < -0.4 is 16.0 Å². The van der Waals surface area contributed by atoms with Crippen molar-refractivity contribution < 1.29 is 9.59 Å². The van der Waals surface area contributed by atoms with E-state index in [9.17, 15) is 9.59 Å². The van der Waals surface area contributed by atoms with Gasteiger partial charge in [0.2, 0.25) is 5.91 Å². The van der Waals surface area contributed by atoms with Crippen LogP contribution in [0.4, 0.5) is 17.1 Å². The highest BCUT2D eigenvalue weighted by molar-refractivity contribution is 7.98. The predicted molar refractivity (Wildman–Crippen MR) is 103 cm³/mol. The van der Waals surface area contributed by atoms with Crippen molar-refractivity contribution in [1.29, 1.82) is 0 Å². The highest BCUT2D eigenvalue weighted by Gasteiger charge is 2.25. The first-order valence-corrected chi connectivity index (χ1v) is 9.38. The lowest BCUT2D eigenvalue weighted by atomic mass is 9.99. The van der Waals surface area contributed by atoms with Gasteiger partial charge in [0.05, 0.1) is 5.69 Å². The largest absolute Gasteiger partial charge is 0.398 e. The van der Waals surface area contributed by atoms with E-state index in [1.165, 1.54) is 18.7 Å². The number of benzene rings is 2. The Kier molecular flexibility index (Phi) is 4.99. The third-order valence-electron chi connectivity index (χ3n) is 4.29. The number of anilines is 3. The number of fused-ring (bicyclic) bond motifs is 1. The molecule has 2 aromatic rings. The number of nitrogens with zero attached hydrogens (tertiary/aromatic N) is 1. The standard InChI is InChI=1S/C19H21N3O2S/c1-12(23)21-16-9-8-13(11-18(16)25-2)19(24)22-10-4-5-14-15(20)6-3-7-17(14)22/h3,6-9,11H,4-5,10,20H2,1-2H3,(H,21,23). The SMILES string of the molecule is CSc1cc(C(=O)N2CCCc3c(N)cccc32)ccc1NC(C)=O. The van der Waals surface area contributed by atoms with Crippen molar-refractivity contribution in [1.82, 2.24) is 0 Å². The zero-order valence-electron chi connectivity index (χ0n) is 14.3. The molecule has 5 nitrogen and oxygen atoms in total. The van der Waals surface area contributed by atoms with Crippen molar-refractivity contribution in [2.45, 2.75) is 24.7 Å². The molecule has 130 valence electrons. The summed E-state index contributed by atoms with van der Waals surface area (Å²) in [7, 11) is 0. The molecule has 0 aromatic heterocycles. The molecule has 1 heterocycles. The van der Waals surface area contributed by atoms with Crippen LogP contribution >= 0.6 is 11.8 Å². The van der Waals surface area contributed by atoms with Gasteiger partial charge in [0.25, 0.3) is 5.91 Å². The molecular weight excluding hydrogens is 334 g/mol. The lowest BCUT2D eigenvalue weighted by molar-refractivity contribution is -0.114. The normalized spacial score (nSPS) is 13.3. The van der Waals surface area contributed by atoms with Crippen molar-refractivity contribution in [3.8, 4) is 0 Å². The Hall–Kier alpha value is -2.47. The molecule has 1 aliphatic heterocycles. The fraction of sp³-hybridized carbons (Fsp3) is 0.263. The fourth-order valence-corrected chi connectivity index (χ4v) is 3.72. The fourth-order valence-electron chi connectivity index (χ4n) is 3.14. The Morgan fingerprint density at radius 2 is 2.04 bits per heavy atom. The van der Waals surface area contributed by atoms with Gasteiger partial charge >= 0.3 is 0 Å². The maximum Gasteiger partial charge on any atom is 0.258 e. The van der Waals surface area contributed by atoms with Crippen LogP contribution in [-0.4, -0.2) is 24.6 Å². The van der Waals surface area contributed by atoms with Gasteiger partial charge < -0.3 is 16.0 Å². The van der Waals surface area contributed by atoms with Gasteiger partial charge in [-0.3, -0.25) is 9.59 Å². The van der Waals surface area contributed by atoms with Crippen molar-refractivity contribution in [2.75, 3.05) is 28.8 Å². The highest BCUT2D eigenvalue weighted by atomic mass is 32.2. The number of carbonyl (C=O) groups is 2. The van der Waals surface area contributed by atoms with Gasteiger partial charge in [0.1, 0.15) is 0 Å². The number of hydrogen-bond donors (Lipinski definition) is 2. The summed E-state index contributed by atoms with van der Waals surface area (Å²) in [6.07, 6.45) is 3.71. The van der Waals surface area contributed by atoms with Crippen LogP contribution in [-0.2, 0) is 11.2 Å². The van der Waals surface area contributed by atoms with Crippen molar-refractivity contribution >= 4 is 40.6 Å². The maximum atomic E-state index is 13.1. The monoisotopic (exact) mass is 355 g/mol. The van der Waals surface area contributed by atoms with Crippen molar-refractivity contribution in [3.05, 3.63) is 47.5 Å². The quantitative estimate of drug-likeness (QED) is 0.652. The minimum absolute atomic E-state index is 0.0452. The molecular formula is C19H21N3O2S. The number of carbonyl (C=O) groups excluding carboxylic acids is 2. The van der Waals surface area contributed by atoms with Gasteiger partial charge in [-0.15, -0.1) is 11.8 Å². The lowest BCUT2D eigenvalue weighted by Crippen LogP contribution is -2.35. The molecule has 0 aliphatic carbocycles. The minimum Gasteiger partial charge on any atom is -0.398 e. The molecule has 0 spiro atoms. The van der Waals surface area contributed by atoms with E-state index >= 15 is 0 Å².